The lowest BCUT2D eigenvalue weighted by molar-refractivity contribution is -0.137. The molecule has 0 aliphatic carbocycles. The third-order valence-corrected chi connectivity index (χ3v) is 7.97. The van der Waals surface area contributed by atoms with Gasteiger partial charge in [-0.05, 0) is 64.5 Å². The first-order chi connectivity index (χ1) is 22.6. The Hall–Kier alpha value is -5.35. The molecule has 2 heterocycles. The maximum atomic E-state index is 14.3. The molecular formula is C31H16BrClF5N5O5. The van der Waals surface area contributed by atoms with E-state index in [1.54, 1.807) is 0 Å². The number of carbonyl (C=O) groups is 4. The van der Waals surface area contributed by atoms with Gasteiger partial charge in [0.25, 0.3) is 17.7 Å². The fraction of sp³-hybridized carbons (Fsp3) is 0.0645. The molecular weight excluding hydrogens is 733 g/mol. The number of halogens is 7. The molecule has 0 saturated carbocycles. The monoisotopic (exact) mass is 747 g/mol. The molecule has 0 atom stereocenters. The number of aromatic nitrogens is 2. The lowest BCUT2D eigenvalue weighted by atomic mass is 10.1. The van der Waals surface area contributed by atoms with E-state index in [0.717, 1.165) is 22.9 Å². The maximum absolute atomic E-state index is 14.3. The molecule has 17 heteroatoms. The standard InChI is InChI=1S/C31H16BrClF5N5O5/c32-19-11-21(40-28(45)13-7-14(31(36,37)38)9-16(35)8-13)26(48-22-10-15(34)5-6-20(22)33)24-25(19)42(12-23(39)44)41-27(24)43-29(46)17-3-1-2-4-18(17)30(43)47/h1-11H,12H2,(H2,39,44)(H,40,45). The van der Waals surface area contributed by atoms with Crippen molar-refractivity contribution < 1.29 is 45.9 Å². The Kier molecular flexibility index (Phi) is 8.16. The number of hydrogen-bond donors (Lipinski definition) is 2. The minimum atomic E-state index is -4.99. The van der Waals surface area contributed by atoms with E-state index in [1.165, 1.54) is 30.3 Å². The summed E-state index contributed by atoms with van der Waals surface area (Å²) in [6.45, 7) is -0.590. The van der Waals surface area contributed by atoms with E-state index in [2.05, 4.69) is 26.3 Å². The summed E-state index contributed by atoms with van der Waals surface area (Å²) < 4.78 is 75.9. The second-order valence-corrected chi connectivity index (χ2v) is 11.5. The number of rotatable bonds is 7. The molecule has 0 fully saturated rings. The highest BCUT2D eigenvalue weighted by Crippen LogP contribution is 2.48. The van der Waals surface area contributed by atoms with Gasteiger partial charge in [0.05, 0.1) is 38.3 Å². The summed E-state index contributed by atoms with van der Waals surface area (Å²) in [6.07, 6.45) is -4.99. The van der Waals surface area contributed by atoms with Crippen LogP contribution in [0.15, 0.2) is 71.2 Å². The second kappa shape index (κ2) is 12.0. The van der Waals surface area contributed by atoms with Gasteiger partial charge in [-0.15, -0.1) is 0 Å². The van der Waals surface area contributed by atoms with Crippen LogP contribution in [0.2, 0.25) is 5.02 Å². The van der Waals surface area contributed by atoms with Crippen molar-refractivity contribution in [2.24, 2.45) is 5.73 Å². The van der Waals surface area contributed by atoms with Gasteiger partial charge in [-0.3, -0.25) is 23.9 Å². The zero-order chi connectivity index (χ0) is 34.7. The lowest BCUT2D eigenvalue weighted by Gasteiger charge is -2.18. The van der Waals surface area contributed by atoms with Crippen LogP contribution in [0.25, 0.3) is 10.9 Å². The Labute approximate surface area is 278 Å². The van der Waals surface area contributed by atoms with E-state index < -0.39 is 70.7 Å². The molecule has 10 nitrogen and oxygen atoms in total. The Morgan fingerprint density at radius 3 is 2.25 bits per heavy atom. The lowest BCUT2D eigenvalue weighted by Crippen LogP contribution is -2.30. The number of amides is 4. The van der Waals surface area contributed by atoms with E-state index in [4.69, 9.17) is 22.1 Å². The van der Waals surface area contributed by atoms with Crippen molar-refractivity contribution in [2.45, 2.75) is 12.7 Å². The Morgan fingerprint density at radius 2 is 1.62 bits per heavy atom. The molecule has 6 rings (SSSR count). The molecule has 1 aromatic heterocycles. The van der Waals surface area contributed by atoms with Crippen LogP contribution < -0.4 is 20.7 Å². The van der Waals surface area contributed by atoms with E-state index in [1.807, 2.05) is 0 Å². The number of fused-ring (bicyclic) bond motifs is 2. The Balaban J connectivity index is 1.61. The highest BCUT2D eigenvalue weighted by atomic mass is 79.9. The Morgan fingerprint density at radius 1 is 0.958 bits per heavy atom. The molecule has 4 aromatic carbocycles. The van der Waals surface area contributed by atoms with Gasteiger partial charge in [0.1, 0.15) is 23.9 Å². The number of alkyl halides is 3. The summed E-state index contributed by atoms with van der Waals surface area (Å²) in [5.41, 5.74) is 2.96. The van der Waals surface area contributed by atoms with Crippen LogP contribution in [0.4, 0.5) is 33.5 Å². The number of anilines is 2. The van der Waals surface area contributed by atoms with Crippen LogP contribution in [0.1, 0.15) is 36.6 Å². The molecule has 1 aliphatic rings. The Bertz CT molecular complexity index is 2190. The summed E-state index contributed by atoms with van der Waals surface area (Å²) in [7, 11) is 0. The van der Waals surface area contributed by atoms with Crippen molar-refractivity contribution in [1.82, 2.24) is 9.78 Å². The molecule has 5 aromatic rings. The van der Waals surface area contributed by atoms with Gasteiger partial charge >= 0.3 is 6.18 Å². The first-order valence-corrected chi connectivity index (χ1v) is 14.6. The SMILES string of the molecule is NC(=O)Cn1nc(N2C(=O)c3ccccc3C2=O)c2c(Oc3cc(F)ccc3Cl)c(NC(=O)c3cc(F)cc(C(F)(F)F)c3)cc(Br)c21. The maximum Gasteiger partial charge on any atom is 0.416 e. The van der Waals surface area contributed by atoms with Crippen molar-refractivity contribution in [3.8, 4) is 11.5 Å². The predicted molar refractivity (Wildman–Crippen MR) is 165 cm³/mol. The van der Waals surface area contributed by atoms with Crippen molar-refractivity contribution >= 4 is 73.6 Å². The van der Waals surface area contributed by atoms with Crippen LogP contribution in [-0.4, -0.2) is 33.4 Å². The van der Waals surface area contributed by atoms with Gasteiger partial charge in [-0.1, -0.05) is 23.7 Å². The molecule has 48 heavy (non-hydrogen) atoms. The molecule has 4 amide bonds. The number of nitrogens with two attached hydrogens (primary N) is 1. The van der Waals surface area contributed by atoms with Gasteiger partial charge in [0.2, 0.25) is 5.91 Å². The molecule has 0 spiro atoms. The van der Waals surface area contributed by atoms with Gasteiger partial charge in [0.15, 0.2) is 11.6 Å². The molecule has 0 unspecified atom stereocenters. The minimum absolute atomic E-state index is 0.00834. The van der Waals surface area contributed by atoms with Crippen LogP contribution in [0.5, 0.6) is 11.5 Å². The third-order valence-electron chi connectivity index (χ3n) is 7.06. The van der Waals surface area contributed by atoms with E-state index >= 15 is 0 Å². The number of benzene rings is 4. The van der Waals surface area contributed by atoms with Crippen molar-refractivity contribution in [3.63, 3.8) is 0 Å². The number of imide groups is 1. The van der Waals surface area contributed by atoms with Crippen LogP contribution >= 0.6 is 27.5 Å². The second-order valence-electron chi connectivity index (χ2n) is 10.3. The third kappa shape index (κ3) is 5.84. The summed E-state index contributed by atoms with van der Waals surface area (Å²) in [4.78, 5) is 53.2. The van der Waals surface area contributed by atoms with E-state index in [-0.39, 0.29) is 49.0 Å². The molecule has 0 bridgehead atoms. The number of primary amides is 1. The molecule has 244 valence electrons. The predicted octanol–water partition coefficient (Wildman–Crippen LogP) is 7.08. The molecule has 1 aliphatic heterocycles. The zero-order valence-electron chi connectivity index (χ0n) is 23.7. The number of nitrogens with zero attached hydrogens (tertiary/aromatic N) is 3. The first kappa shape index (κ1) is 32.6. The summed E-state index contributed by atoms with van der Waals surface area (Å²) in [6, 6.07) is 11.3. The fourth-order valence-corrected chi connectivity index (χ4v) is 5.83. The molecule has 0 saturated heterocycles. The van der Waals surface area contributed by atoms with E-state index in [9.17, 15) is 41.1 Å². The average molecular weight is 749 g/mol. The normalized spacial score (nSPS) is 12.9. The van der Waals surface area contributed by atoms with Gasteiger partial charge in [0, 0.05) is 16.1 Å². The van der Waals surface area contributed by atoms with Crippen molar-refractivity contribution in [1.29, 1.82) is 0 Å². The van der Waals surface area contributed by atoms with Crippen LogP contribution in [0.3, 0.4) is 0 Å². The summed E-state index contributed by atoms with van der Waals surface area (Å²) >= 11 is 9.58. The molecule has 3 N–H and O–H groups in total. The van der Waals surface area contributed by atoms with Gasteiger partial charge in [-0.2, -0.15) is 18.3 Å². The number of nitrogens with one attached hydrogen (secondary N) is 1. The summed E-state index contributed by atoms with van der Waals surface area (Å²) in [5, 5.41) is 6.31. The summed E-state index contributed by atoms with van der Waals surface area (Å²) in [5.74, 6) is -7.12. The number of ether oxygens (including phenoxy) is 1. The topological polar surface area (TPSA) is 137 Å². The van der Waals surface area contributed by atoms with Gasteiger partial charge < -0.3 is 15.8 Å². The average Bonchev–Trinajstić information content (AvgIpc) is 3.49. The first-order valence-electron chi connectivity index (χ1n) is 13.4. The smallest absolute Gasteiger partial charge is 0.416 e. The number of carbonyl (C=O) groups excluding carboxylic acids is 4. The van der Waals surface area contributed by atoms with E-state index in [0.29, 0.717) is 17.0 Å². The highest BCUT2D eigenvalue weighted by molar-refractivity contribution is 9.10. The molecule has 0 radical (unpaired) electrons. The van der Waals surface area contributed by atoms with Crippen molar-refractivity contribution in [3.05, 3.63) is 110 Å². The van der Waals surface area contributed by atoms with Gasteiger partial charge in [-0.25, -0.2) is 13.7 Å². The zero-order valence-corrected chi connectivity index (χ0v) is 26.0. The number of hydrogen-bond acceptors (Lipinski definition) is 6. The minimum Gasteiger partial charge on any atom is -0.453 e. The fourth-order valence-electron chi connectivity index (χ4n) is 5.04. The highest BCUT2D eigenvalue weighted by Gasteiger charge is 2.41. The van der Waals surface area contributed by atoms with Crippen molar-refractivity contribution in [2.75, 3.05) is 10.2 Å². The van der Waals surface area contributed by atoms with Crippen LogP contribution in [0, 0.1) is 11.6 Å². The quantitative estimate of drug-likeness (QED) is 0.135. The van der Waals surface area contributed by atoms with Crippen LogP contribution in [-0.2, 0) is 17.5 Å². The largest absolute Gasteiger partial charge is 0.453 e.